The van der Waals surface area contributed by atoms with Crippen LogP contribution in [0.5, 0.6) is 0 Å². The van der Waals surface area contributed by atoms with Crippen LogP contribution >= 0.6 is 11.6 Å². The van der Waals surface area contributed by atoms with Crippen LogP contribution in [0.1, 0.15) is 25.7 Å². The van der Waals surface area contributed by atoms with Crippen LogP contribution in [-0.4, -0.2) is 23.3 Å². The average Bonchev–Trinajstić information content (AvgIpc) is 2.55. The van der Waals surface area contributed by atoms with Gasteiger partial charge in [0.25, 0.3) is 0 Å². The van der Waals surface area contributed by atoms with Crippen molar-refractivity contribution >= 4 is 17.3 Å². The average molecular weight is 256 g/mol. The molecule has 1 aromatic carbocycles. The number of benzene rings is 1. The van der Waals surface area contributed by atoms with Gasteiger partial charge in [0.15, 0.2) is 0 Å². The minimum absolute atomic E-state index is 0.174. The number of nitrogens with zero attached hydrogens (tertiary/aromatic N) is 1. The Hall–Kier alpha value is -0.800. The summed E-state index contributed by atoms with van der Waals surface area (Å²) in [4.78, 5) is 2.30. The van der Waals surface area contributed by atoms with E-state index in [4.69, 9.17) is 11.6 Å². The number of hydrogen-bond acceptors (Lipinski definition) is 2. The minimum Gasteiger partial charge on any atom is -0.393 e. The second-order valence-corrected chi connectivity index (χ2v) is 5.42. The maximum atomic E-state index is 13.1. The van der Waals surface area contributed by atoms with Crippen molar-refractivity contribution in [1.82, 2.24) is 0 Å². The molecule has 0 spiro atoms. The molecule has 4 heteroatoms. The third-order valence-electron chi connectivity index (χ3n) is 3.91. The van der Waals surface area contributed by atoms with Crippen LogP contribution in [-0.2, 0) is 0 Å². The van der Waals surface area contributed by atoms with Gasteiger partial charge in [0, 0.05) is 17.8 Å². The normalized spacial score (nSPS) is 31.9. The van der Waals surface area contributed by atoms with Gasteiger partial charge in [-0.25, -0.2) is 4.39 Å². The van der Waals surface area contributed by atoms with Gasteiger partial charge in [-0.05, 0) is 43.9 Å². The van der Waals surface area contributed by atoms with E-state index in [1.165, 1.54) is 6.07 Å². The van der Waals surface area contributed by atoms with Gasteiger partial charge in [0.2, 0.25) is 0 Å². The molecule has 0 aliphatic carbocycles. The van der Waals surface area contributed by atoms with E-state index in [1.807, 2.05) is 0 Å². The second kappa shape index (κ2) is 4.14. The molecular formula is C13H15ClFNO. The molecule has 2 aliphatic rings. The third-order valence-corrected chi connectivity index (χ3v) is 4.20. The van der Waals surface area contributed by atoms with Crippen molar-refractivity contribution in [2.75, 3.05) is 4.90 Å². The summed E-state index contributed by atoms with van der Waals surface area (Å²) < 4.78 is 13.1. The number of halogens is 2. The number of aliphatic hydroxyl groups is 1. The standard InChI is InChI=1S/C13H15ClFNO/c14-12-7-10(3-4-13(12)15)16-8-1-2-9(16)6-11(17)5-8/h3-4,7-9,11,17H,1-2,5-6H2. The first-order chi connectivity index (χ1) is 8.15. The fourth-order valence-corrected chi connectivity index (χ4v) is 3.39. The molecule has 2 heterocycles. The summed E-state index contributed by atoms with van der Waals surface area (Å²) in [5.41, 5.74) is 0.982. The van der Waals surface area contributed by atoms with E-state index in [2.05, 4.69) is 4.90 Å². The zero-order valence-electron chi connectivity index (χ0n) is 9.44. The Morgan fingerprint density at radius 1 is 1.24 bits per heavy atom. The Balaban J connectivity index is 1.92. The lowest BCUT2D eigenvalue weighted by Gasteiger charge is -2.39. The maximum Gasteiger partial charge on any atom is 0.141 e. The molecule has 2 atom stereocenters. The van der Waals surface area contributed by atoms with E-state index in [0.717, 1.165) is 31.4 Å². The molecule has 1 aromatic rings. The van der Waals surface area contributed by atoms with Crippen molar-refractivity contribution in [2.24, 2.45) is 0 Å². The Kier molecular flexibility index (Phi) is 2.75. The smallest absolute Gasteiger partial charge is 0.141 e. The minimum atomic E-state index is -0.375. The summed E-state index contributed by atoms with van der Waals surface area (Å²) in [5.74, 6) is -0.375. The fourth-order valence-electron chi connectivity index (χ4n) is 3.22. The van der Waals surface area contributed by atoms with Crippen LogP contribution in [0.25, 0.3) is 0 Å². The summed E-state index contributed by atoms with van der Waals surface area (Å²) in [6.45, 7) is 0. The summed E-state index contributed by atoms with van der Waals surface area (Å²) in [7, 11) is 0. The number of fused-ring (bicyclic) bond motifs is 2. The summed E-state index contributed by atoms with van der Waals surface area (Å²) in [5, 5.41) is 9.91. The lowest BCUT2D eigenvalue weighted by molar-refractivity contribution is 0.126. The molecule has 0 radical (unpaired) electrons. The molecule has 92 valence electrons. The predicted molar refractivity (Wildman–Crippen MR) is 65.9 cm³/mol. The van der Waals surface area contributed by atoms with E-state index in [0.29, 0.717) is 12.1 Å². The van der Waals surface area contributed by atoms with Crippen molar-refractivity contribution in [3.63, 3.8) is 0 Å². The van der Waals surface area contributed by atoms with Crippen LogP contribution in [0.4, 0.5) is 10.1 Å². The maximum absolute atomic E-state index is 13.1. The number of rotatable bonds is 1. The zero-order chi connectivity index (χ0) is 12.0. The summed E-state index contributed by atoms with van der Waals surface area (Å²) >= 11 is 5.83. The molecule has 2 aliphatic heterocycles. The molecule has 2 nitrogen and oxygen atoms in total. The van der Waals surface area contributed by atoms with Gasteiger partial charge in [0.05, 0.1) is 11.1 Å². The van der Waals surface area contributed by atoms with Crippen LogP contribution in [0.3, 0.4) is 0 Å². The number of hydrogen-bond donors (Lipinski definition) is 1. The predicted octanol–water partition coefficient (Wildman–Crippen LogP) is 2.97. The first-order valence-electron chi connectivity index (χ1n) is 6.06. The molecule has 2 fully saturated rings. The van der Waals surface area contributed by atoms with E-state index in [-0.39, 0.29) is 16.9 Å². The highest BCUT2D eigenvalue weighted by Gasteiger charge is 2.40. The topological polar surface area (TPSA) is 23.5 Å². The molecule has 0 amide bonds. The van der Waals surface area contributed by atoms with Crippen molar-refractivity contribution in [1.29, 1.82) is 0 Å². The molecular weight excluding hydrogens is 241 g/mol. The van der Waals surface area contributed by atoms with E-state index < -0.39 is 0 Å². The first kappa shape index (κ1) is 11.3. The van der Waals surface area contributed by atoms with Gasteiger partial charge in [-0.2, -0.15) is 0 Å². The van der Waals surface area contributed by atoms with Crippen molar-refractivity contribution in [2.45, 2.75) is 43.9 Å². The quantitative estimate of drug-likeness (QED) is 0.834. The number of anilines is 1. The van der Waals surface area contributed by atoms with E-state index in [1.54, 1.807) is 12.1 Å². The first-order valence-corrected chi connectivity index (χ1v) is 6.44. The van der Waals surface area contributed by atoms with Crippen molar-refractivity contribution in [3.8, 4) is 0 Å². The van der Waals surface area contributed by atoms with Gasteiger partial charge < -0.3 is 10.0 Å². The van der Waals surface area contributed by atoms with Gasteiger partial charge in [0.1, 0.15) is 5.82 Å². The largest absolute Gasteiger partial charge is 0.393 e. The van der Waals surface area contributed by atoms with E-state index in [9.17, 15) is 9.50 Å². The zero-order valence-corrected chi connectivity index (χ0v) is 10.2. The highest BCUT2D eigenvalue weighted by atomic mass is 35.5. The van der Waals surface area contributed by atoms with E-state index >= 15 is 0 Å². The molecule has 0 aromatic heterocycles. The molecule has 2 bridgehead atoms. The Morgan fingerprint density at radius 2 is 1.88 bits per heavy atom. The van der Waals surface area contributed by atoms with Gasteiger partial charge in [-0.15, -0.1) is 0 Å². The highest BCUT2D eigenvalue weighted by Crippen LogP contribution is 2.40. The van der Waals surface area contributed by atoms with Crippen molar-refractivity contribution in [3.05, 3.63) is 29.0 Å². The SMILES string of the molecule is OC1CC2CCC(C1)N2c1ccc(F)c(Cl)c1. The summed E-state index contributed by atoms with van der Waals surface area (Å²) in [6, 6.07) is 5.65. The van der Waals surface area contributed by atoms with Gasteiger partial charge in [-0.1, -0.05) is 11.6 Å². The fraction of sp³-hybridized carbons (Fsp3) is 0.538. The third kappa shape index (κ3) is 1.91. The highest BCUT2D eigenvalue weighted by molar-refractivity contribution is 6.31. The van der Waals surface area contributed by atoms with Crippen molar-refractivity contribution < 1.29 is 9.50 Å². The van der Waals surface area contributed by atoms with Crippen LogP contribution in [0.15, 0.2) is 18.2 Å². The van der Waals surface area contributed by atoms with Crippen LogP contribution in [0, 0.1) is 5.82 Å². The van der Waals surface area contributed by atoms with Crippen LogP contribution in [0.2, 0.25) is 5.02 Å². The Morgan fingerprint density at radius 3 is 2.47 bits per heavy atom. The lowest BCUT2D eigenvalue weighted by Crippen LogP contribution is -2.44. The molecule has 2 unspecified atom stereocenters. The van der Waals surface area contributed by atoms with Crippen LogP contribution < -0.4 is 4.90 Å². The number of aliphatic hydroxyl groups excluding tert-OH is 1. The monoisotopic (exact) mass is 255 g/mol. The molecule has 1 N–H and O–H groups in total. The summed E-state index contributed by atoms with van der Waals surface area (Å²) in [6.07, 6.45) is 3.66. The Labute approximate surface area is 105 Å². The number of piperidine rings is 1. The lowest BCUT2D eigenvalue weighted by atomic mass is 9.99. The molecule has 17 heavy (non-hydrogen) atoms. The molecule has 3 rings (SSSR count). The van der Waals surface area contributed by atoms with Gasteiger partial charge in [-0.3, -0.25) is 0 Å². The molecule has 0 saturated carbocycles. The second-order valence-electron chi connectivity index (χ2n) is 5.02. The van der Waals surface area contributed by atoms with Gasteiger partial charge >= 0.3 is 0 Å². The Bertz CT molecular complexity index is 425. The molecule has 2 saturated heterocycles.